The summed E-state index contributed by atoms with van der Waals surface area (Å²) in [6, 6.07) is 6.71. The number of nitrogens with two attached hydrogens (primary N) is 1. The summed E-state index contributed by atoms with van der Waals surface area (Å²) in [6.07, 6.45) is 10.4. The van der Waals surface area contributed by atoms with Crippen LogP contribution in [-0.4, -0.2) is 6.61 Å². The van der Waals surface area contributed by atoms with Gasteiger partial charge in [0.2, 0.25) is 0 Å². The maximum absolute atomic E-state index is 5.85. The number of rotatable bonds is 4. The van der Waals surface area contributed by atoms with Gasteiger partial charge in [0, 0.05) is 18.0 Å². The van der Waals surface area contributed by atoms with E-state index in [1.165, 1.54) is 49.7 Å². The first-order chi connectivity index (χ1) is 9.88. The Morgan fingerprint density at radius 3 is 2.75 bits per heavy atom. The lowest BCUT2D eigenvalue weighted by atomic mass is 9.89. The Balaban J connectivity index is 1.74. The van der Waals surface area contributed by atoms with Gasteiger partial charge >= 0.3 is 0 Å². The summed E-state index contributed by atoms with van der Waals surface area (Å²) in [5.41, 5.74) is 5.63. The van der Waals surface area contributed by atoms with E-state index in [2.05, 4.69) is 23.6 Å². The van der Waals surface area contributed by atoms with Crippen LogP contribution in [0.15, 0.2) is 18.2 Å². The SMILES string of the molecule is NNC(CC1CCCCCC1)c1cccc2c1OCC2. The summed E-state index contributed by atoms with van der Waals surface area (Å²) in [6.45, 7) is 0.813. The zero-order valence-electron chi connectivity index (χ0n) is 12.2. The number of fused-ring (bicyclic) bond motifs is 1. The Kier molecular flexibility index (Phi) is 4.58. The van der Waals surface area contributed by atoms with Crippen LogP contribution < -0.4 is 16.0 Å². The number of hydrazine groups is 1. The van der Waals surface area contributed by atoms with Gasteiger partial charge in [-0.1, -0.05) is 56.7 Å². The van der Waals surface area contributed by atoms with Gasteiger partial charge in [-0.3, -0.25) is 11.3 Å². The van der Waals surface area contributed by atoms with Crippen LogP contribution in [0.4, 0.5) is 0 Å². The molecule has 0 bridgehead atoms. The number of nitrogens with one attached hydrogen (secondary N) is 1. The topological polar surface area (TPSA) is 47.3 Å². The smallest absolute Gasteiger partial charge is 0.127 e. The molecular formula is C17H26N2O. The van der Waals surface area contributed by atoms with Crippen molar-refractivity contribution in [2.45, 2.75) is 57.4 Å². The molecule has 3 heteroatoms. The minimum atomic E-state index is 0.228. The van der Waals surface area contributed by atoms with Crippen molar-refractivity contribution in [2.24, 2.45) is 11.8 Å². The molecule has 110 valence electrons. The molecule has 0 amide bonds. The molecule has 2 aliphatic rings. The van der Waals surface area contributed by atoms with Crippen molar-refractivity contribution in [3.8, 4) is 5.75 Å². The molecule has 0 aromatic heterocycles. The molecule has 0 spiro atoms. The Hall–Kier alpha value is -1.06. The number of hydrogen-bond acceptors (Lipinski definition) is 3. The molecule has 1 aromatic rings. The third-order valence-corrected chi connectivity index (χ3v) is 4.87. The minimum Gasteiger partial charge on any atom is -0.493 e. The van der Waals surface area contributed by atoms with Crippen LogP contribution in [0.2, 0.25) is 0 Å². The van der Waals surface area contributed by atoms with Crippen LogP contribution in [0.1, 0.15) is 62.1 Å². The maximum atomic E-state index is 5.85. The van der Waals surface area contributed by atoms with Gasteiger partial charge < -0.3 is 4.74 Å². The average Bonchev–Trinajstić information content (AvgIpc) is 2.81. The maximum Gasteiger partial charge on any atom is 0.127 e. The normalized spacial score (nSPS) is 21.1. The molecule has 3 nitrogen and oxygen atoms in total. The summed E-state index contributed by atoms with van der Waals surface area (Å²) >= 11 is 0. The fourth-order valence-corrected chi connectivity index (χ4v) is 3.73. The predicted octanol–water partition coefficient (Wildman–Crippen LogP) is 3.49. The molecule has 0 saturated heterocycles. The van der Waals surface area contributed by atoms with Crippen molar-refractivity contribution < 1.29 is 4.74 Å². The average molecular weight is 274 g/mol. The van der Waals surface area contributed by atoms with E-state index in [0.717, 1.165) is 31.1 Å². The van der Waals surface area contributed by atoms with E-state index in [1.807, 2.05) is 0 Å². The predicted molar refractivity (Wildman–Crippen MR) is 81.5 cm³/mol. The first kappa shape index (κ1) is 13.9. The minimum absolute atomic E-state index is 0.228. The van der Waals surface area contributed by atoms with Gasteiger partial charge in [-0.05, 0) is 17.9 Å². The number of hydrogen-bond donors (Lipinski definition) is 2. The van der Waals surface area contributed by atoms with Gasteiger partial charge in [0.25, 0.3) is 0 Å². The van der Waals surface area contributed by atoms with Crippen LogP contribution in [-0.2, 0) is 6.42 Å². The van der Waals surface area contributed by atoms with Crippen LogP contribution in [0.25, 0.3) is 0 Å². The molecule has 1 aliphatic heterocycles. The van der Waals surface area contributed by atoms with Gasteiger partial charge in [-0.25, -0.2) is 0 Å². The molecule has 3 N–H and O–H groups in total. The third kappa shape index (κ3) is 2.99. The second-order valence-electron chi connectivity index (χ2n) is 6.25. The van der Waals surface area contributed by atoms with E-state index in [1.54, 1.807) is 0 Å². The van der Waals surface area contributed by atoms with Crippen molar-refractivity contribution in [3.63, 3.8) is 0 Å². The fraction of sp³-hybridized carbons (Fsp3) is 0.647. The van der Waals surface area contributed by atoms with Crippen molar-refractivity contribution in [1.29, 1.82) is 0 Å². The van der Waals surface area contributed by atoms with Crippen LogP contribution in [0.5, 0.6) is 5.75 Å². The number of benzene rings is 1. The van der Waals surface area contributed by atoms with E-state index in [4.69, 9.17) is 10.6 Å². The summed E-state index contributed by atoms with van der Waals surface area (Å²) in [4.78, 5) is 0. The Morgan fingerprint density at radius 2 is 2.00 bits per heavy atom. The number of para-hydroxylation sites is 1. The summed E-state index contributed by atoms with van der Waals surface area (Å²) in [5, 5.41) is 0. The summed E-state index contributed by atoms with van der Waals surface area (Å²) in [5.74, 6) is 7.74. The van der Waals surface area contributed by atoms with Crippen molar-refractivity contribution in [3.05, 3.63) is 29.3 Å². The standard InChI is InChI=1S/C17H26N2O/c18-19-16(12-13-6-3-1-2-4-7-13)15-9-5-8-14-10-11-20-17(14)15/h5,8-9,13,16,19H,1-4,6-7,10-12,18H2. The van der Waals surface area contributed by atoms with E-state index in [-0.39, 0.29) is 6.04 Å². The van der Waals surface area contributed by atoms with E-state index in [0.29, 0.717) is 0 Å². The highest BCUT2D eigenvalue weighted by atomic mass is 16.5. The Morgan fingerprint density at radius 1 is 1.20 bits per heavy atom. The highest BCUT2D eigenvalue weighted by molar-refractivity contribution is 5.45. The van der Waals surface area contributed by atoms with Crippen molar-refractivity contribution in [2.75, 3.05) is 6.61 Å². The van der Waals surface area contributed by atoms with Gasteiger partial charge in [-0.15, -0.1) is 0 Å². The van der Waals surface area contributed by atoms with Gasteiger partial charge in [0.15, 0.2) is 0 Å². The lowest BCUT2D eigenvalue weighted by Crippen LogP contribution is -2.30. The number of ether oxygens (including phenoxy) is 1. The molecular weight excluding hydrogens is 248 g/mol. The highest BCUT2D eigenvalue weighted by Gasteiger charge is 2.24. The van der Waals surface area contributed by atoms with Gasteiger partial charge in [-0.2, -0.15) is 0 Å². The summed E-state index contributed by atoms with van der Waals surface area (Å²) < 4.78 is 5.83. The molecule has 1 saturated carbocycles. The van der Waals surface area contributed by atoms with E-state index in [9.17, 15) is 0 Å². The largest absolute Gasteiger partial charge is 0.493 e. The molecule has 0 radical (unpaired) electrons. The zero-order valence-corrected chi connectivity index (χ0v) is 12.2. The Labute approximate surface area is 121 Å². The molecule has 1 aliphatic carbocycles. The van der Waals surface area contributed by atoms with Crippen molar-refractivity contribution >= 4 is 0 Å². The van der Waals surface area contributed by atoms with Crippen molar-refractivity contribution in [1.82, 2.24) is 5.43 Å². The van der Waals surface area contributed by atoms with Crippen LogP contribution in [0, 0.1) is 5.92 Å². The first-order valence-corrected chi connectivity index (χ1v) is 8.09. The molecule has 1 heterocycles. The Bertz CT molecular complexity index is 439. The molecule has 3 rings (SSSR count). The zero-order chi connectivity index (χ0) is 13.8. The molecule has 20 heavy (non-hydrogen) atoms. The van der Waals surface area contributed by atoms with Crippen LogP contribution >= 0.6 is 0 Å². The summed E-state index contributed by atoms with van der Waals surface area (Å²) in [7, 11) is 0. The molecule has 1 unspecified atom stereocenters. The molecule has 1 atom stereocenters. The lowest BCUT2D eigenvalue weighted by Gasteiger charge is -2.23. The molecule has 1 aromatic carbocycles. The van der Waals surface area contributed by atoms with Gasteiger partial charge in [0.05, 0.1) is 6.61 Å². The van der Waals surface area contributed by atoms with E-state index >= 15 is 0 Å². The van der Waals surface area contributed by atoms with E-state index < -0.39 is 0 Å². The van der Waals surface area contributed by atoms with Crippen LogP contribution in [0.3, 0.4) is 0 Å². The monoisotopic (exact) mass is 274 g/mol. The first-order valence-electron chi connectivity index (χ1n) is 8.09. The van der Waals surface area contributed by atoms with Gasteiger partial charge in [0.1, 0.15) is 5.75 Å². The second kappa shape index (κ2) is 6.59. The fourth-order valence-electron chi connectivity index (χ4n) is 3.73. The third-order valence-electron chi connectivity index (χ3n) is 4.87. The highest BCUT2D eigenvalue weighted by Crippen LogP contribution is 2.37. The lowest BCUT2D eigenvalue weighted by molar-refractivity contribution is 0.329. The quantitative estimate of drug-likeness (QED) is 0.502. The second-order valence-corrected chi connectivity index (χ2v) is 6.25. The molecule has 1 fully saturated rings.